The van der Waals surface area contributed by atoms with Crippen LogP contribution in [0.3, 0.4) is 0 Å². The summed E-state index contributed by atoms with van der Waals surface area (Å²) in [5.74, 6) is -0.584. The predicted octanol–water partition coefficient (Wildman–Crippen LogP) is 7.78. The van der Waals surface area contributed by atoms with Gasteiger partial charge in [-0.3, -0.25) is 14.6 Å². The van der Waals surface area contributed by atoms with Crippen LogP contribution < -0.4 is 10.6 Å². The van der Waals surface area contributed by atoms with Crippen molar-refractivity contribution in [2.75, 3.05) is 4.90 Å². The largest absolute Gasteiger partial charge is 0.403 e. The molecule has 200 valence electrons. The molecule has 0 aliphatic heterocycles. The highest BCUT2D eigenvalue weighted by molar-refractivity contribution is 7.13. The fourth-order valence-electron chi connectivity index (χ4n) is 5.02. The molecule has 0 atom stereocenters. The second-order valence-corrected chi connectivity index (χ2v) is 11.6. The first-order valence-corrected chi connectivity index (χ1v) is 13.9. The number of rotatable bonds is 7. The van der Waals surface area contributed by atoms with Crippen LogP contribution in [0.2, 0.25) is 0 Å². The molecule has 2 aromatic heterocycles. The number of nitrogens with two attached hydrogens (primary N) is 1. The van der Waals surface area contributed by atoms with Gasteiger partial charge in [0.1, 0.15) is 5.69 Å². The van der Waals surface area contributed by atoms with Gasteiger partial charge in [0.05, 0.1) is 16.8 Å². The summed E-state index contributed by atoms with van der Waals surface area (Å²) in [6.07, 6.45) is 7.01. The van der Waals surface area contributed by atoms with Crippen LogP contribution in [0.15, 0.2) is 114 Å². The Balaban J connectivity index is 1.49. The highest BCUT2D eigenvalue weighted by Gasteiger charge is 2.34. The zero-order valence-corrected chi connectivity index (χ0v) is 23.8. The van der Waals surface area contributed by atoms with E-state index in [9.17, 15) is 9.59 Å². The number of fused-ring (bicyclic) bond motifs is 1. The van der Waals surface area contributed by atoms with Gasteiger partial charge in [-0.25, -0.2) is 0 Å². The van der Waals surface area contributed by atoms with E-state index < -0.39 is 0 Å². The lowest BCUT2D eigenvalue weighted by Crippen LogP contribution is -2.22. The minimum atomic E-state index is -0.348. The zero-order valence-electron chi connectivity index (χ0n) is 23.0. The summed E-state index contributed by atoms with van der Waals surface area (Å²) in [5.41, 5.74) is 11.8. The highest BCUT2D eigenvalue weighted by atomic mass is 32.1. The number of pyridine rings is 1. The molecule has 0 saturated heterocycles. The van der Waals surface area contributed by atoms with Crippen molar-refractivity contribution in [2.45, 2.75) is 33.1 Å². The summed E-state index contributed by atoms with van der Waals surface area (Å²) in [4.78, 5) is 34.0. The van der Waals surface area contributed by atoms with Crippen molar-refractivity contribution in [3.05, 3.63) is 141 Å². The molecule has 0 fully saturated rings. The Morgan fingerprint density at radius 1 is 0.925 bits per heavy atom. The molecular weight excluding hydrogens is 514 g/mol. The van der Waals surface area contributed by atoms with Gasteiger partial charge >= 0.3 is 0 Å². The average Bonchev–Trinajstić information content (AvgIpc) is 3.46. The van der Waals surface area contributed by atoms with Gasteiger partial charge in [-0.1, -0.05) is 55.8 Å². The lowest BCUT2D eigenvalue weighted by atomic mass is 9.78. The van der Waals surface area contributed by atoms with E-state index in [0.29, 0.717) is 5.56 Å². The van der Waals surface area contributed by atoms with Gasteiger partial charge in [0.2, 0.25) is 5.78 Å². The molecule has 0 saturated carbocycles. The van der Waals surface area contributed by atoms with E-state index in [2.05, 4.69) is 74.0 Å². The third-order valence-electron chi connectivity index (χ3n) is 7.46. The lowest BCUT2D eigenvalue weighted by Gasteiger charge is -2.30. The first-order chi connectivity index (χ1) is 19.2. The molecule has 0 unspecified atom stereocenters. The van der Waals surface area contributed by atoms with Gasteiger partial charge in [-0.05, 0) is 74.0 Å². The van der Waals surface area contributed by atoms with E-state index in [-0.39, 0.29) is 28.2 Å². The van der Waals surface area contributed by atoms with Crippen molar-refractivity contribution in [3.63, 3.8) is 0 Å². The number of aromatic nitrogens is 1. The fourth-order valence-corrected chi connectivity index (χ4v) is 6.15. The molecule has 4 aromatic rings. The maximum absolute atomic E-state index is 12.9. The summed E-state index contributed by atoms with van der Waals surface area (Å²) in [5, 5.41) is 0. The van der Waals surface area contributed by atoms with Crippen molar-refractivity contribution in [3.8, 4) is 0 Å². The topological polar surface area (TPSA) is 76.3 Å². The van der Waals surface area contributed by atoms with Crippen LogP contribution in [0.4, 0.5) is 11.4 Å². The molecule has 40 heavy (non-hydrogen) atoms. The van der Waals surface area contributed by atoms with Crippen molar-refractivity contribution in [1.82, 2.24) is 4.98 Å². The number of anilines is 2. The van der Waals surface area contributed by atoms with Crippen LogP contribution in [0.25, 0.3) is 6.08 Å². The molecule has 2 aromatic carbocycles. The lowest BCUT2D eigenvalue weighted by molar-refractivity contribution is 0.0989. The number of hydrogen-bond acceptors (Lipinski definition) is 6. The van der Waals surface area contributed by atoms with Crippen LogP contribution in [0, 0.1) is 6.92 Å². The minimum absolute atomic E-state index is 0.168. The summed E-state index contributed by atoms with van der Waals surface area (Å²) in [6.45, 7) is 8.55. The monoisotopic (exact) mass is 545 g/mol. The average molecular weight is 546 g/mol. The Kier molecular flexibility index (Phi) is 7.37. The van der Waals surface area contributed by atoms with Crippen LogP contribution >= 0.6 is 11.3 Å². The normalized spacial score (nSPS) is 15.1. The molecule has 0 spiro atoms. The number of benzene rings is 2. The van der Waals surface area contributed by atoms with Gasteiger partial charge < -0.3 is 10.6 Å². The van der Waals surface area contributed by atoms with Crippen LogP contribution in [0.1, 0.15) is 56.9 Å². The highest BCUT2D eigenvalue weighted by Crippen LogP contribution is 2.40. The standard InChI is InChI=1S/C34H31N3O2S/c1-22(18-26(21-35)37(24-12-7-5-8-13-24)25-14-9-6-10-15-25)34(3,4)30-20-27(40-23(30)2)19-29-32(38)28-16-11-17-36-31(28)33(29)39/h5-21H,35H2,1-4H3/b22-18+,26-21+,29-19+. The van der Waals surface area contributed by atoms with Gasteiger partial charge in [-0.2, -0.15) is 0 Å². The minimum Gasteiger partial charge on any atom is -0.403 e. The number of Topliss-reactive ketones (excluding diaryl/α,β-unsaturated/α-hetero) is 2. The van der Waals surface area contributed by atoms with Crippen molar-refractivity contribution in [1.29, 1.82) is 0 Å². The Bertz CT molecular complexity index is 1600. The van der Waals surface area contributed by atoms with Crippen LogP contribution in [0.5, 0.6) is 0 Å². The number of carbonyl (C=O) groups excluding carboxylic acids is 2. The van der Waals surface area contributed by atoms with Crippen molar-refractivity contribution >= 4 is 40.4 Å². The van der Waals surface area contributed by atoms with E-state index in [0.717, 1.165) is 38.0 Å². The molecular formula is C34H31N3O2S. The van der Waals surface area contributed by atoms with Gasteiger partial charge in [0.15, 0.2) is 5.78 Å². The van der Waals surface area contributed by atoms with E-state index >= 15 is 0 Å². The first kappa shape index (κ1) is 27.0. The Hall–Kier alpha value is -4.55. The van der Waals surface area contributed by atoms with Gasteiger partial charge in [0.25, 0.3) is 0 Å². The third-order valence-corrected chi connectivity index (χ3v) is 8.46. The van der Waals surface area contributed by atoms with E-state index in [1.165, 1.54) is 0 Å². The quantitative estimate of drug-likeness (QED) is 0.146. The number of allylic oxidation sites excluding steroid dienone is 3. The summed E-state index contributed by atoms with van der Waals surface area (Å²) in [7, 11) is 0. The summed E-state index contributed by atoms with van der Waals surface area (Å²) >= 11 is 1.57. The molecule has 5 nitrogen and oxygen atoms in total. The van der Waals surface area contributed by atoms with Gasteiger partial charge in [0, 0.05) is 38.9 Å². The smallest absolute Gasteiger partial charge is 0.216 e. The Morgan fingerprint density at radius 3 is 2.12 bits per heavy atom. The number of nitrogens with zero attached hydrogens (tertiary/aromatic N) is 2. The predicted molar refractivity (Wildman–Crippen MR) is 164 cm³/mol. The molecule has 0 amide bonds. The van der Waals surface area contributed by atoms with E-state index in [1.54, 1.807) is 41.9 Å². The molecule has 0 bridgehead atoms. The molecule has 5 rings (SSSR count). The maximum Gasteiger partial charge on any atom is 0.216 e. The number of aryl methyl sites for hydroxylation is 1. The van der Waals surface area contributed by atoms with Gasteiger partial charge in [-0.15, -0.1) is 11.3 Å². The molecule has 1 aliphatic carbocycles. The molecule has 2 heterocycles. The number of thiophene rings is 1. The number of carbonyl (C=O) groups is 2. The summed E-state index contributed by atoms with van der Waals surface area (Å²) < 4.78 is 0. The van der Waals surface area contributed by atoms with Crippen LogP contribution in [-0.2, 0) is 5.41 Å². The van der Waals surface area contributed by atoms with Crippen molar-refractivity contribution in [2.24, 2.45) is 5.73 Å². The number of para-hydroxylation sites is 2. The molecule has 0 radical (unpaired) electrons. The van der Waals surface area contributed by atoms with Crippen molar-refractivity contribution < 1.29 is 9.59 Å². The number of ketones is 2. The molecule has 2 N–H and O–H groups in total. The maximum atomic E-state index is 12.9. The second kappa shape index (κ2) is 10.9. The Labute approximate surface area is 239 Å². The van der Waals surface area contributed by atoms with E-state index in [1.807, 2.05) is 36.4 Å². The number of hydrogen-bond donors (Lipinski definition) is 1. The second-order valence-electron chi connectivity index (χ2n) is 10.3. The molecule has 6 heteroatoms. The molecule has 1 aliphatic rings. The zero-order chi connectivity index (χ0) is 28.4. The SMILES string of the molecule is C/C(=C\C(=C/N)N(c1ccccc1)c1ccccc1)C(C)(C)c1cc(/C=C2\C(=O)c3cccnc3C2=O)sc1C. The Morgan fingerprint density at radius 2 is 1.55 bits per heavy atom. The fraction of sp³-hybridized carbons (Fsp3) is 0.147. The third kappa shape index (κ3) is 4.94. The van der Waals surface area contributed by atoms with Crippen LogP contribution in [-0.4, -0.2) is 16.6 Å². The van der Waals surface area contributed by atoms with E-state index in [4.69, 9.17) is 5.73 Å². The first-order valence-electron chi connectivity index (χ1n) is 13.1. The summed E-state index contributed by atoms with van der Waals surface area (Å²) in [6, 6.07) is 25.7.